The Morgan fingerprint density at radius 1 is 1.50 bits per heavy atom. The monoisotopic (exact) mass is 481 g/mol. The molecular formula is C16H15ClFN2O8PS. The zero-order chi connectivity index (χ0) is 22.6. The molecule has 1 unspecified atom stereocenters. The molecule has 5 atom stereocenters. The Labute approximate surface area is 179 Å². The van der Waals surface area contributed by atoms with Crippen molar-refractivity contribution in [2.45, 2.75) is 30.9 Å². The van der Waals surface area contributed by atoms with Crippen molar-refractivity contribution in [3.8, 4) is 5.75 Å². The van der Waals surface area contributed by atoms with Gasteiger partial charge in [-0.15, -0.1) is 0 Å². The summed E-state index contributed by atoms with van der Waals surface area (Å²) in [4.78, 5) is 13.5. The highest BCUT2D eigenvalue weighted by Crippen LogP contribution is 2.56. The molecule has 2 aliphatic heterocycles. The average molecular weight is 482 g/mol. The van der Waals surface area contributed by atoms with Gasteiger partial charge in [-0.05, 0) is 30.4 Å². The third kappa shape index (κ3) is 3.97. The number of nitrogens with zero attached hydrogens (tertiary/aromatic N) is 1. The fraction of sp³-hybridized carbons (Fsp3) is 0.375. The number of benzene rings is 1. The highest BCUT2D eigenvalue weighted by Gasteiger charge is 2.57. The molecule has 14 heteroatoms. The molecule has 3 heterocycles. The molecule has 3 N–H and O–H groups in total. The van der Waals surface area contributed by atoms with Crippen molar-refractivity contribution in [2.75, 3.05) is 6.61 Å². The van der Waals surface area contributed by atoms with E-state index in [0.717, 1.165) is 16.8 Å². The number of phosphoric ester groups is 1. The molecule has 1 aromatic carbocycles. The second-order valence-corrected chi connectivity index (χ2v) is 8.85. The van der Waals surface area contributed by atoms with Gasteiger partial charge in [0, 0.05) is 22.8 Å². The molecule has 0 bridgehead atoms. The van der Waals surface area contributed by atoms with Gasteiger partial charge in [0.15, 0.2) is 11.0 Å². The highest BCUT2D eigenvalue weighted by molar-refractivity contribution is 7.71. The molecule has 1 aromatic heterocycles. The van der Waals surface area contributed by atoms with Crippen LogP contribution in [-0.2, 0) is 25.0 Å². The van der Waals surface area contributed by atoms with Crippen LogP contribution in [0.2, 0.25) is 5.02 Å². The van der Waals surface area contributed by atoms with Crippen LogP contribution in [0.4, 0.5) is 4.39 Å². The van der Waals surface area contributed by atoms with Crippen LogP contribution in [0.1, 0.15) is 13.1 Å². The Kier molecular flexibility index (Phi) is 5.28. The number of H-pyrrole nitrogens is 1. The second kappa shape index (κ2) is 7.81. The van der Waals surface area contributed by atoms with Crippen LogP contribution >= 0.6 is 31.6 Å². The summed E-state index contributed by atoms with van der Waals surface area (Å²) in [5.74, 6) is -3.05. The minimum Gasteiger partial charge on any atom is -0.404 e. The third-order valence-electron chi connectivity index (χ3n) is 4.36. The number of hydrogen-bond donors (Lipinski definition) is 3. The van der Waals surface area contributed by atoms with E-state index in [0.29, 0.717) is 10.6 Å². The first kappa shape index (κ1) is 20.3. The predicted molar refractivity (Wildman–Crippen MR) is 102 cm³/mol. The summed E-state index contributed by atoms with van der Waals surface area (Å²) >= 11 is 10.8. The van der Waals surface area contributed by atoms with Crippen LogP contribution in [-0.4, -0.2) is 44.4 Å². The van der Waals surface area contributed by atoms with E-state index < -0.39 is 44.3 Å². The topological polar surface area (TPSA) is 132 Å². The molecule has 162 valence electrons. The van der Waals surface area contributed by atoms with Gasteiger partial charge in [0.25, 0.3) is 11.4 Å². The number of phosphoric acid groups is 1. The summed E-state index contributed by atoms with van der Waals surface area (Å²) in [6.45, 7) is -1.42. The van der Waals surface area contributed by atoms with E-state index in [-0.39, 0.29) is 17.1 Å². The molecule has 2 aromatic rings. The first-order valence-electron chi connectivity index (χ1n) is 8.91. The van der Waals surface area contributed by atoms with Crippen molar-refractivity contribution in [2.24, 2.45) is 0 Å². The number of alkyl halides is 1. The Morgan fingerprint density at radius 3 is 3.00 bits per heavy atom. The molecule has 4 rings (SSSR count). The summed E-state index contributed by atoms with van der Waals surface area (Å²) in [6, 6.07) is 5.41. The van der Waals surface area contributed by atoms with Crippen LogP contribution in [0.25, 0.3) is 0 Å². The SMILES string of the molecule is [2H][C@@]1(n2ccc(=O)[nH]c2=S)O[C@](F)(COP2(=O)OCc3cc(Cl)ccc3O2)[C@@H](O)[C@H]1O. The fourth-order valence-corrected chi connectivity index (χ4v) is 4.52. The third-order valence-corrected chi connectivity index (χ3v) is 6.20. The van der Waals surface area contributed by atoms with Crippen LogP contribution in [0.3, 0.4) is 0 Å². The van der Waals surface area contributed by atoms with Crippen molar-refractivity contribution in [3.63, 3.8) is 0 Å². The predicted octanol–water partition coefficient (Wildman–Crippen LogP) is 2.21. The molecule has 0 aliphatic carbocycles. The van der Waals surface area contributed by atoms with Crippen molar-refractivity contribution in [3.05, 3.63) is 56.2 Å². The van der Waals surface area contributed by atoms with Gasteiger partial charge in [0.2, 0.25) is 0 Å². The van der Waals surface area contributed by atoms with Gasteiger partial charge in [0.1, 0.15) is 24.6 Å². The van der Waals surface area contributed by atoms with E-state index in [4.69, 9.17) is 43.5 Å². The Hall–Kier alpha value is -1.63. The number of hydrogen-bond acceptors (Lipinski definition) is 9. The number of fused-ring (bicyclic) bond motifs is 1. The lowest BCUT2D eigenvalue weighted by molar-refractivity contribution is -0.205. The van der Waals surface area contributed by atoms with E-state index in [1.807, 2.05) is 0 Å². The van der Waals surface area contributed by atoms with Crippen molar-refractivity contribution in [1.29, 1.82) is 0 Å². The van der Waals surface area contributed by atoms with E-state index >= 15 is 4.39 Å². The normalized spacial score (nSPS) is 36.1. The van der Waals surface area contributed by atoms with Crippen molar-refractivity contribution >= 4 is 31.6 Å². The first-order valence-corrected chi connectivity index (χ1v) is 10.7. The number of rotatable bonds is 4. The lowest BCUT2D eigenvalue weighted by atomic mass is 10.1. The Balaban J connectivity index is 1.55. The summed E-state index contributed by atoms with van der Waals surface area (Å²) in [7, 11) is -4.32. The molecule has 0 radical (unpaired) electrons. The number of ether oxygens (including phenoxy) is 1. The molecular weight excluding hydrogens is 466 g/mol. The summed E-state index contributed by atoms with van der Waals surface area (Å²) < 4.78 is 57.0. The number of aliphatic hydroxyl groups is 2. The number of halogens is 2. The van der Waals surface area contributed by atoms with Crippen molar-refractivity contribution in [1.82, 2.24) is 9.55 Å². The average Bonchev–Trinajstić information content (AvgIpc) is 2.88. The standard InChI is InChI=1S/C16H15ClFN2O8PS/c17-9-1-2-10-8(5-9)6-25-29(24,28-10)26-7-16(18)13(23)12(22)14(27-16)20-4-3-11(21)19-15(20)30/h1-5,12-14,22-23H,6-7H2,(H,19,21,30)/t12-,13+,14-,16-,29?/m1/s1/i14D. The molecule has 30 heavy (non-hydrogen) atoms. The van der Waals surface area contributed by atoms with Crippen LogP contribution < -0.4 is 10.1 Å². The van der Waals surface area contributed by atoms with Gasteiger partial charge in [-0.25, -0.2) is 8.96 Å². The second-order valence-electron chi connectivity index (χ2n) is 6.43. The largest absolute Gasteiger partial charge is 0.530 e. The summed E-state index contributed by atoms with van der Waals surface area (Å²) in [5, 5.41) is 20.9. The van der Waals surface area contributed by atoms with E-state index in [1.54, 1.807) is 0 Å². The molecule has 1 fully saturated rings. The van der Waals surface area contributed by atoms with Gasteiger partial charge in [-0.2, -0.15) is 0 Å². The lowest BCUT2D eigenvalue weighted by Crippen LogP contribution is -2.43. The Morgan fingerprint density at radius 2 is 2.27 bits per heavy atom. The summed E-state index contributed by atoms with van der Waals surface area (Å²) in [6.07, 6.45) is -6.13. The van der Waals surface area contributed by atoms with Crippen LogP contribution in [0, 0.1) is 4.77 Å². The maximum absolute atomic E-state index is 15.4. The zero-order valence-electron chi connectivity index (χ0n) is 15.9. The molecule has 10 nitrogen and oxygen atoms in total. The number of aliphatic hydroxyl groups excluding tert-OH is 2. The zero-order valence-corrected chi connectivity index (χ0v) is 17.3. The van der Waals surface area contributed by atoms with Gasteiger partial charge in [-0.3, -0.25) is 23.4 Å². The van der Waals surface area contributed by atoms with Crippen LogP contribution in [0.5, 0.6) is 5.75 Å². The maximum Gasteiger partial charge on any atom is 0.530 e. The first-order chi connectivity index (χ1) is 14.5. The fourth-order valence-electron chi connectivity index (χ4n) is 2.84. The number of aromatic amines is 1. The van der Waals surface area contributed by atoms with E-state index in [2.05, 4.69) is 4.98 Å². The van der Waals surface area contributed by atoms with E-state index in [9.17, 15) is 19.6 Å². The lowest BCUT2D eigenvalue weighted by Gasteiger charge is -2.28. The van der Waals surface area contributed by atoms with Gasteiger partial charge in [0.05, 0.1) is 7.98 Å². The minimum atomic E-state index is -4.32. The highest BCUT2D eigenvalue weighted by atomic mass is 35.5. The summed E-state index contributed by atoms with van der Waals surface area (Å²) in [5.41, 5.74) is -0.110. The molecule has 2 aliphatic rings. The quantitative estimate of drug-likeness (QED) is 0.444. The van der Waals surface area contributed by atoms with Gasteiger partial charge in [-0.1, -0.05) is 11.6 Å². The van der Waals surface area contributed by atoms with Crippen LogP contribution in [0.15, 0.2) is 35.3 Å². The molecule has 0 amide bonds. The molecule has 0 spiro atoms. The number of aromatic nitrogens is 2. The maximum atomic E-state index is 15.4. The van der Waals surface area contributed by atoms with E-state index in [1.165, 1.54) is 18.2 Å². The molecule has 1 saturated heterocycles. The van der Waals surface area contributed by atoms with Crippen molar-refractivity contribution < 1.29 is 38.8 Å². The Bertz CT molecular complexity index is 1200. The molecule has 0 saturated carbocycles. The van der Waals surface area contributed by atoms with Gasteiger partial charge < -0.3 is 19.5 Å². The smallest absolute Gasteiger partial charge is 0.404 e. The van der Waals surface area contributed by atoms with Gasteiger partial charge >= 0.3 is 7.82 Å². The minimum absolute atomic E-state index is 0.147. The number of nitrogens with one attached hydrogen (secondary N) is 1.